The van der Waals surface area contributed by atoms with E-state index in [1.54, 1.807) is 12.4 Å². The molecule has 0 saturated heterocycles. The number of rotatable bonds is 7. The first-order valence-electron chi connectivity index (χ1n) is 11.9. The minimum atomic E-state index is -1.32. The van der Waals surface area contributed by atoms with Crippen LogP contribution in [0.2, 0.25) is 0 Å². The summed E-state index contributed by atoms with van der Waals surface area (Å²) >= 11 is 0. The zero-order valence-electron chi connectivity index (χ0n) is 22.0. The van der Waals surface area contributed by atoms with E-state index in [0.29, 0.717) is 22.3 Å². The monoisotopic (exact) mass is 520 g/mol. The number of aromatic nitrogens is 2. The highest BCUT2D eigenvalue weighted by molar-refractivity contribution is 5.99. The Balaban J connectivity index is 2.04. The lowest BCUT2D eigenvalue weighted by atomic mass is 9.61. The van der Waals surface area contributed by atoms with Crippen molar-refractivity contribution in [1.29, 1.82) is 0 Å². The summed E-state index contributed by atoms with van der Waals surface area (Å²) in [6, 6.07) is 0. The first-order valence-corrected chi connectivity index (χ1v) is 11.9. The van der Waals surface area contributed by atoms with Gasteiger partial charge < -0.3 is 29.3 Å². The molecule has 38 heavy (non-hydrogen) atoms. The van der Waals surface area contributed by atoms with Crippen LogP contribution in [0.4, 0.5) is 0 Å². The van der Waals surface area contributed by atoms with E-state index >= 15 is 0 Å². The summed E-state index contributed by atoms with van der Waals surface area (Å²) in [5.41, 5.74) is 2.88. The van der Waals surface area contributed by atoms with Gasteiger partial charge in [-0.05, 0) is 25.0 Å². The van der Waals surface area contributed by atoms with E-state index < -0.39 is 47.8 Å². The fourth-order valence-electron chi connectivity index (χ4n) is 5.96. The van der Waals surface area contributed by atoms with Crippen LogP contribution in [0.3, 0.4) is 0 Å². The van der Waals surface area contributed by atoms with Crippen molar-refractivity contribution in [3.63, 3.8) is 0 Å². The van der Waals surface area contributed by atoms with Crippen LogP contribution in [-0.4, -0.2) is 38.1 Å². The zero-order chi connectivity index (χ0) is 28.2. The molecule has 2 atom stereocenters. The molecule has 0 aromatic carbocycles. The first kappa shape index (κ1) is 26.7. The lowest BCUT2D eigenvalue weighted by molar-refractivity contribution is -0.691. The van der Waals surface area contributed by atoms with Gasteiger partial charge in [-0.1, -0.05) is 26.0 Å². The number of hydrogen-bond donors (Lipinski definition) is 0. The van der Waals surface area contributed by atoms with Crippen LogP contribution in [-0.2, 0) is 43.0 Å². The molecule has 4 rings (SSSR count). The maximum Gasteiger partial charge on any atom is 0.344 e. The number of nitrogens with zero attached hydrogens (tertiary/aromatic N) is 2. The van der Waals surface area contributed by atoms with Gasteiger partial charge in [0.05, 0.1) is 14.2 Å². The van der Waals surface area contributed by atoms with E-state index in [0.717, 1.165) is 11.1 Å². The largest absolute Gasteiger partial charge is 0.544 e. The SMILES string of the molecule is COC(=O)c1c[n+](CC(=O)[O-])cc2c1C(C)=CC2(C)C1(C)C=C(C)c2c(C(=O)OC)c[n+](CC(=O)[O-])cc21. The average Bonchev–Trinajstić information content (AvgIpc) is 3.27. The van der Waals surface area contributed by atoms with Gasteiger partial charge >= 0.3 is 11.9 Å². The number of pyridine rings is 2. The summed E-state index contributed by atoms with van der Waals surface area (Å²) in [6.45, 7) is 6.67. The number of hydrogen-bond acceptors (Lipinski definition) is 8. The topological polar surface area (TPSA) is 141 Å². The molecule has 0 amide bonds. The van der Waals surface area contributed by atoms with Crippen LogP contribution < -0.4 is 19.3 Å². The number of ether oxygens (including phenoxy) is 2. The fraction of sp³-hybridized carbons (Fsp3) is 0.357. The molecule has 2 aliphatic carbocycles. The lowest BCUT2D eigenvalue weighted by Gasteiger charge is -2.40. The molecule has 0 N–H and O–H groups in total. The molecule has 2 aliphatic rings. The van der Waals surface area contributed by atoms with Gasteiger partial charge in [-0.2, -0.15) is 9.13 Å². The van der Waals surface area contributed by atoms with Gasteiger partial charge in [-0.3, -0.25) is 0 Å². The molecule has 0 saturated carbocycles. The van der Waals surface area contributed by atoms with E-state index in [1.807, 2.05) is 39.8 Å². The molecule has 0 aliphatic heterocycles. The molecule has 10 nitrogen and oxygen atoms in total. The Labute approximate surface area is 219 Å². The van der Waals surface area contributed by atoms with Crippen LogP contribution in [0.1, 0.15) is 70.7 Å². The van der Waals surface area contributed by atoms with Gasteiger partial charge in [-0.15, -0.1) is 0 Å². The van der Waals surface area contributed by atoms with Crippen molar-refractivity contribution in [1.82, 2.24) is 0 Å². The first-order chi connectivity index (χ1) is 17.8. The molecule has 2 aromatic heterocycles. The zero-order valence-corrected chi connectivity index (χ0v) is 22.0. The van der Waals surface area contributed by atoms with Crippen LogP contribution in [0.25, 0.3) is 11.1 Å². The molecule has 198 valence electrons. The third-order valence-electron chi connectivity index (χ3n) is 7.69. The summed E-state index contributed by atoms with van der Waals surface area (Å²) in [6.07, 6.45) is 10.2. The van der Waals surface area contributed by atoms with E-state index in [-0.39, 0.29) is 11.1 Å². The number of esters is 2. The van der Waals surface area contributed by atoms with Gasteiger partial charge in [-0.25, -0.2) is 9.59 Å². The van der Waals surface area contributed by atoms with Gasteiger partial charge in [0, 0.05) is 33.1 Å². The Kier molecular flexibility index (Phi) is 6.47. The molecule has 10 heteroatoms. The smallest absolute Gasteiger partial charge is 0.344 e. The summed E-state index contributed by atoms with van der Waals surface area (Å²) in [4.78, 5) is 48.4. The number of carboxylic acids is 2. The number of carbonyl (C=O) groups excluding carboxylic acids is 4. The summed E-state index contributed by atoms with van der Waals surface area (Å²) < 4.78 is 12.8. The highest BCUT2D eigenvalue weighted by Crippen LogP contribution is 2.57. The highest BCUT2D eigenvalue weighted by Gasteiger charge is 2.55. The fourth-order valence-corrected chi connectivity index (χ4v) is 5.96. The van der Waals surface area contributed by atoms with Crippen LogP contribution in [0, 0.1) is 0 Å². The summed E-state index contributed by atoms with van der Waals surface area (Å²) in [5, 5.41) is 22.9. The predicted molar refractivity (Wildman–Crippen MR) is 128 cm³/mol. The van der Waals surface area contributed by atoms with Gasteiger partial charge in [0.25, 0.3) is 0 Å². The van der Waals surface area contributed by atoms with Gasteiger partial charge in [0.2, 0.25) is 0 Å². The lowest BCUT2D eigenvalue weighted by Crippen LogP contribution is -2.49. The quantitative estimate of drug-likeness (QED) is 0.348. The number of fused-ring (bicyclic) bond motifs is 2. The van der Waals surface area contributed by atoms with E-state index in [1.165, 1.54) is 35.7 Å². The normalized spacial score (nSPS) is 21.2. The Morgan fingerprint density at radius 3 is 1.34 bits per heavy atom. The minimum Gasteiger partial charge on any atom is -0.544 e. The average molecular weight is 521 g/mol. The molecule has 0 bridgehead atoms. The summed E-state index contributed by atoms with van der Waals surface area (Å²) in [5.74, 6) is -3.88. The Morgan fingerprint density at radius 1 is 0.711 bits per heavy atom. The van der Waals surface area contributed by atoms with E-state index in [9.17, 15) is 29.4 Å². The van der Waals surface area contributed by atoms with Gasteiger partial charge in [0.1, 0.15) is 23.1 Å². The Morgan fingerprint density at radius 2 is 1.05 bits per heavy atom. The van der Waals surface area contributed by atoms with E-state index in [4.69, 9.17) is 9.47 Å². The van der Waals surface area contributed by atoms with Crippen molar-refractivity contribution < 1.29 is 48.0 Å². The molecule has 2 aromatic rings. The van der Waals surface area contributed by atoms with E-state index in [2.05, 4.69) is 0 Å². The van der Waals surface area contributed by atoms with Crippen molar-refractivity contribution in [3.8, 4) is 0 Å². The number of carbonyl (C=O) groups is 4. The number of methoxy groups -OCH3 is 2. The molecule has 0 fully saturated rings. The second-order valence-electron chi connectivity index (χ2n) is 10.1. The maximum absolute atomic E-state index is 12.8. The van der Waals surface area contributed by atoms with Crippen LogP contribution >= 0.6 is 0 Å². The molecule has 2 unspecified atom stereocenters. The van der Waals surface area contributed by atoms with Gasteiger partial charge in [0.15, 0.2) is 37.9 Å². The maximum atomic E-state index is 12.8. The van der Waals surface area contributed by atoms with Crippen molar-refractivity contribution >= 4 is 35.0 Å². The number of allylic oxidation sites excluding steroid dienone is 4. The highest BCUT2D eigenvalue weighted by atomic mass is 16.5. The van der Waals surface area contributed by atoms with Crippen molar-refractivity contribution in [2.75, 3.05) is 14.2 Å². The minimum absolute atomic E-state index is 0.210. The van der Waals surface area contributed by atoms with Crippen molar-refractivity contribution in [2.45, 2.75) is 51.6 Å². The van der Waals surface area contributed by atoms with Crippen molar-refractivity contribution in [2.24, 2.45) is 0 Å². The Hall–Kier alpha value is -4.34. The number of carboxylic acid groups (broad SMARTS) is 2. The van der Waals surface area contributed by atoms with Crippen molar-refractivity contribution in [3.05, 3.63) is 70.3 Å². The third kappa shape index (κ3) is 3.96. The number of aliphatic carboxylic acids is 2. The summed E-state index contributed by atoms with van der Waals surface area (Å²) in [7, 11) is 2.51. The molecule has 0 spiro atoms. The predicted octanol–water partition coefficient (Wildman–Crippen LogP) is -0.616. The Bertz CT molecular complexity index is 1380. The molecule has 2 heterocycles. The van der Waals surface area contributed by atoms with Crippen LogP contribution in [0.15, 0.2) is 36.9 Å². The molecular weight excluding hydrogens is 492 g/mol. The third-order valence-corrected chi connectivity index (χ3v) is 7.69. The molecule has 0 radical (unpaired) electrons. The molecular formula is C28H28N2O8. The second-order valence-corrected chi connectivity index (χ2v) is 10.1. The second kappa shape index (κ2) is 9.20. The van der Waals surface area contributed by atoms with Crippen LogP contribution in [0.5, 0.6) is 0 Å². The standard InChI is InChI=1S/C28H28N2O8/c1-15-7-27(3,19-11-29(13-21(31)32)9-17(23(15)19)25(35)37-5)28(4)8-16(2)24-18(26(36)38-6)10-30(12-20(24)28)14-22(33)34/h7-12H,13-14H2,1-6H3.